The SMILES string of the molecule is C=N/C=C\NC(CN=C)/C(=C/C(C)=N)N=C. The lowest BCUT2D eigenvalue weighted by Crippen LogP contribution is -2.29. The Morgan fingerprint density at radius 2 is 2.12 bits per heavy atom. The van der Waals surface area contributed by atoms with Crippen molar-refractivity contribution in [3.63, 3.8) is 0 Å². The molecule has 5 heteroatoms. The minimum atomic E-state index is -0.159. The number of hydrogen-bond acceptors (Lipinski definition) is 5. The minimum Gasteiger partial charge on any atom is -0.380 e. The van der Waals surface area contributed by atoms with E-state index in [0.717, 1.165) is 0 Å². The largest absolute Gasteiger partial charge is 0.380 e. The molecule has 5 nitrogen and oxygen atoms in total. The number of nitrogens with zero attached hydrogens (tertiary/aromatic N) is 3. The zero-order chi connectivity index (χ0) is 12.4. The van der Waals surface area contributed by atoms with Crippen molar-refractivity contribution < 1.29 is 0 Å². The van der Waals surface area contributed by atoms with Crippen LogP contribution in [0.1, 0.15) is 6.92 Å². The number of nitrogens with one attached hydrogen (secondary N) is 2. The van der Waals surface area contributed by atoms with Crippen LogP contribution in [-0.4, -0.2) is 38.5 Å². The van der Waals surface area contributed by atoms with Gasteiger partial charge >= 0.3 is 0 Å². The van der Waals surface area contributed by atoms with Crippen molar-refractivity contribution in [2.24, 2.45) is 15.0 Å². The van der Waals surface area contributed by atoms with Crippen LogP contribution in [-0.2, 0) is 0 Å². The summed E-state index contributed by atoms with van der Waals surface area (Å²) in [6, 6.07) is -0.159. The molecule has 0 aromatic carbocycles. The highest BCUT2D eigenvalue weighted by atomic mass is 15.0. The van der Waals surface area contributed by atoms with Gasteiger partial charge < -0.3 is 10.7 Å². The van der Waals surface area contributed by atoms with Crippen LogP contribution in [0.3, 0.4) is 0 Å². The van der Waals surface area contributed by atoms with Crippen molar-refractivity contribution >= 4 is 25.9 Å². The van der Waals surface area contributed by atoms with E-state index in [9.17, 15) is 0 Å². The Hall–Kier alpha value is -2.04. The zero-order valence-electron chi connectivity index (χ0n) is 9.48. The normalized spacial score (nSPS) is 13.2. The van der Waals surface area contributed by atoms with Crippen LogP contribution in [0.25, 0.3) is 0 Å². The fourth-order valence-corrected chi connectivity index (χ4v) is 1.05. The van der Waals surface area contributed by atoms with Crippen LogP contribution in [0.4, 0.5) is 0 Å². The molecule has 16 heavy (non-hydrogen) atoms. The average Bonchev–Trinajstić information content (AvgIpc) is 2.25. The fraction of sp³-hybridized carbons (Fsp3) is 0.273. The number of rotatable bonds is 8. The standard InChI is InChI=1S/C11H17N5/c1-9(12)7-10(15-4)11(8-14-3)16-6-5-13-2/h5-7,11-12,16H,2-4,8H2,1H3/b6-5-,10-7-,12-9?. The van der Waals surface area contributed by atoms with E-state index in [-0.39, 0.29) is 6.04 Å². The van der Waals surface area contributed by atoms with E-state index in [1.54, 1.807) is 19.2 Å². The van der Waals surface area contributed by atoms with E-state index >= 15 is 0 Å². The predicted octanol–water partition coefficient (Wildman–Crippen LogP) is 1.44. The van der Waals surface area contributed by atoms with Gasteiger partial charge in [-0.05, 0) is 33.2 Å². The first-order valence-electron chi connectivity index (χ1n) is 4.68. The van der Waals surface area contributed by atoms with Gasteiger partial charge in [0.1, 0.15) is 0 Å². The number of aliphatic imine (C=N–C) groups is 3. The topological polar surface area (TPSA) is 73.0 Å². The number of allylic oxidation sites excluding steroid dienone is 1. The summed E-state index contributed by atoms with van der Waals surface area (Å²) < 4.78 is 0. The quantitative estimate of drug-likeness (QED) is 0.596. The Kier molecular flexibility index (Phi) is 7.23. The van der Waals surface area contributed by atoms with Crippen LogP contribution in [0, 0.1) is 5.41 Å². The van der Waals surface area contributed by atoms with Gasteiger partial charge in [-0.25, -0.2) is 0 Å². The van der Waals surface area contributed by atoms with Crippen molar-refractivity contribution in [3.05, 3.63) is 24.2 Å². The Balaban J connectivity index is 4.77. The van der Waals surface area contributed by atoms with E-state index in [1.807, 2.05) is 0 Å². The predicted molar refractivity (Wildman–Crippen MR) is 71.1 cm³/mol. The summed E-state index contributed by atoms with van der Waals surface area (Å²) in [4.78, 5) is 11.2. The van der Waals surface area contributed by atoms with Gasteiger partial charge in [-0.3, -0.25) is 15.0 Å². The van der Waals surface area contributed by atoms with Gasteiger partial charge in [0.05, 0.1) is 18.3 Å². The molecule has 0 aliphatic carbocycles. The second-order valence-electron chi connectivity index (χ2n) is 3.03. The van der Waals surface area contributed by atoms with E-state index in [0.29, 0.717) is 18.0 Å². The molecule has 1 atom stereocenters. The van der Waals surface area contributed by atoms with Gasteiger partial charge in [0, 0.05) is 18.1 Å². The molecule has 0 aliphatic heterocycles. The molecule has 0 saturated carbocycles. The summed E-state index contributed by atoms with van der Waals surface area (Å²) in [5, 5.41) is 10.4. The molecular formula is C11H17N5. The Morgan fingerprint density at radius 3 is 2.56 bits per heavy atom. The fourth-order valence-electron chi connectivity index (χ4n) is 1.05. The molecule has 0 saturated heterocycles. The van der Waals surface area contributed by atoms with Crippen molar-refractivity contribution in [2.75, 3.05) is 6.54 Å². The van der Waals surface area contributed by atoms with E-state index in [4.69, 9.17) is 5.41 Å². The molecule has 0 heterocycles. The summed E-state index contributed by atoms with van der Waals surface area (Å²) in [5.41, 5.74) is 1.05. The average molecular weight is 219 g/mol. The highest BCUT2D eigenvalue weighted by Crippen LogP contribution is 2.05. The molecular weight excluding hydrogens is 202 g/mol. The van der Waals surface area contributed by atoms with E-state index in [2.05, 4.69) is 40.4 Å². The first-order chi connectivity index (χ1) is 7.65. The maximum absolute atomic E-state index is 7.38. The lowest BCUT2D eigenvalue weighted by atomic mass is 10.2. The van der Waals surface area contributed by atoms with Crippen molar-refractivity contribution in [2.45, 2.75) is 13.0 Å². The summed E-state index contributed by atoms with van der Waals surface area (Å²) >= 11 is 0. The van der Waals surface area contributed by atoms with E-state index in [1.165, 1.54) is 6.20 Å². The van der Waals surface area contributed by atoms with Crippen LogP contribution in [0.15, 0.2) is 39.2 Å². The second-order valence-corrected chi connectivity index (χ2v) is 3.03. The van der Waals surface area contributed by atoms with Gasteiger partial charge in [-0.15, -0.1) is 0 Å². The van der Waals surface area contributed by atoms with Crippen LogP contribution in [0.2, 0.25) is 0 Å². The smallest absolute Gasteiger partial charge is 0.0877 e. The Bertz CT molecular complexity index is 327. The first kappa shape index (κ1) is 14.0. The van der Waals surface area contributed by atoms with Crippen molar-refractivity contribution in [1.82, 2.24) is 5.32 Å². The third-order valence-corrected chi connectivity index (χ3v) is 1.69. The van der Waals surface area contributed by atoms with Gasteiger partial charge in [-0.2, -0.15) is 0 Å². The Labute approximate surface area is 95.9 Å². The van der Waals surface area contributed by atoms with Gasteiger partial charge in [0.25, 0.3) is 0 Å². The maximum Gasteiger partial charge on any atom is 0.0877 e. The third-order valence-electron chi connectivity index (χ3n) is 1.69. The molecule has 0 amide bonds. The lowest BCUT2D eigenvalue weighted by molar-refractivity contribution is 0.671. The van der Waals surface area contributed by atoms with Crippen LogP contribution < -0.4 is 5.32 Å². The van der Waals surface area contributed by atoms with Gasteiger partial charge in [-0.1, -0.05) is 0 Å². The van der Waals surface area contributed by atoms with E-state index < -0.39 is 0 Å². The lowest BCUT2D eigenvalue weighted by Gasteiger charge is -2.15. The molecule has 0 fully saturated rings. The highest BCUT2D eigenvalue weighted by Gasteiger charge is 2.10. The summed E-state index contributed by atoms with van der Waals surface area (Å²) in [6.45, 7) is 12.3. The molecule has 0 spiro atoms. The summed E-state index contributed by atoms with van der Waals surface area (Å²) in [6.07, 6.45) is 4.79. The number of hydrogen-bond donors (Lipinski definition) is 2. The Morgan fingerprint density at radius 1 is 1.44 bits per heavy atom. The molecule has 2 N–H and O–H groups in total. The van der Waals surface area contributed by atoms with Crippen molar-refractivity contribution in [1.29, 1.82) is 5.41 Å². The molecule has 0 bridgehead atoms. The van der Waals surface area contributed by atoms with Crippen LogP contribution in [0.5, 0.6) is 0 Å². The maximum atomic E-state index is 7.38. The molecule has 0 radical (unpaired) electrons. The molecule has 0 aromatic heterocycles. The molecule has 86 valence electrons. The summed E-state index contributed by atoms with van der Waals surface area (Å²) in [5.74, 6) is 0. The minimum absolute atomic E-state index is 0.159. The highest BCUT2D eigenvalue weighted by molar-refractivity contribution is 5.90. The molecule has 0 aromatic rings. The molecule has 0 aliphatic rings. The van der Waals surface area contributed by atoms with Gasteiger partial charge in [0.15, 0.2) is 0 Å². The second kappa shape index (κ2) is 8.28. The monoisotopic (exact) mass is 219 g/mol. The van der Waals surface area contributed by atoms with Crippen LogP contribution >= 0.6 is 0 Å². The first-order valence-corrected chi connectivity index (χ1v) is 4.68. The molecule has 1 unspecified atom stereocenters. The third kappa shape index (κ3) is 5.64. The zero-order valence-corrected chi connectivity index (χ0v) is 9.48. The van der Waals surface area contributed by atoms with Gasteiger partial charge in [0.2, 0.25) is 0 Å². The van der Waals surface area contributed by atoms with Crippen molar-refractivity contribution in [3.8, 4) is 0 Å². The molecule has 0 rings (SSSR count). The summed E-state index contributed by atoms with van der Waals surface area (Å²) in [7, 11) is 0.